The zero-order valence-corrected chi connectivity index (χ0v) is 14.4. The molecule has 0 aromatic heterocycles. The van der Waals surface area contributed by atoms with E-state index < -0.39 is 10.0 Å². The van der Waals surface area contributed by atoms with E-state index in [1.165, 1.54) is 12.1 Å². The molecular formula is C16H18ClN3O3S. The zero-order valence-electron chi connectivity index (χ0n) is 12.8. The van der Waals surface area contributed by atoms with Crippen molar-refractivity contribution in [3.05, 3.63) is 64.7 Å². The van der Waals surface area contributed by atoms with Crippen molar-refractivity contribution < 1.29 is 13.2 Å². The van der Waals surface area contributed by atoms with Crippen LogP contribution in [0, 0.1) is 0 Å². The van der Waals surface area contributed by atoms with Crippen molar-refractivity contribution in [2.45, 2.75) is 17.9 Å². The Morgan fingerprint density at radius 1 is 0.958 bits per heavy atom. The van der Waals surface area contributed by atoms with Gasteiger partial charge in [-0.2, -0.15) is 0 Å². The number of hydrogen-bond acceptors (Lipinski definition) is 3. The summed E-state index contributed by atoms with van der Waals surface area (Å²) in [6.07, 6.45) is 0.583. The molecule has 24 heavy (non-hydrogen) atoms. The Labute approximate surface area is 146 Å². The van der Waals surface area contributed by atoms with Crippen LogP contribution < -0.4 is 15.8 Å². The van der Waals surface area contributed by atoms with Crippen molar-refractivity contribution in [2.75, 3.05) is 6.54 Å². The number of halogens is 1. The quantitative estimate of drug-likeness (QED) is 0.728. The lowest BCUT2D eigenvalue weighted by Gasteiger charge is -2.08. The van der Waals surface area contributed by atoms with Crippen LogP contribution in [-0.4, -0.2) is 21.0 Å². The predicted octanol–water partition coefficient (Wildman–Crippen LogP) is 2.03. The average molecular weight is 368 g/mol. The largest absolute Gasteiger partial charge is 0.338 e. The number of carbonyl (C=O) groups excluding carboxylic acids is 1. The van der Waals surface area contributed by atoms with Crippen LogP contribution in [-0.2, 0) is 23.0 Å². The highest BCUT2D eigenvalue weighted by Gasteiger charge is 2.07. The summed E-state index contributed by atoms with van der Waals surface area (Å²) in [5.74, 6) is 0. The molecule has 0 spiro atoms. The van der Waals surface area contributed by atoms with Crippen LogP contribution in [0.1, 0.15) is 11.1 Å². The molecule has 2 aromatic carbocycles. The van der Waals surface area contributed by atoms with Crippen LogP contribution >= 0.6 is 11.6 Å². The van der Waals surface area contributed by atoms with Gasteiger partial charge in [0.1, 0.15) is 0 Å². The van der Waals surface area contributed by atoms with Crippen LogP contribution in [0.2, 0.25) is 5.02 Å². The molecule has 2 rings (SSSR count). The second-order valence-corrected chi connectivity index (χ2v) is 7.17. The summed E-state index contributed by atoms with van der Waals surface area (Å²) < 4.78 is 22.3. The summed E-state index contributed by atoms with van der Waals surface area (Å²) in [4.78, 5) is 11.8. The molecular weight excluding hydrogens is 350 g/mol. The lowest BCUT2D eigenvalue weighted by atomic mass is 10.1. The van der Waals surface area contributed by atoms with Gasteiger partial charge in [-0.15, -0.1) is 0 Å². The first kappa shape index (κ1) is 18.3. The lowest BCUT2D eigenvalue weighted by molar-refractivity contribution is 0.240. The summed E-state index contributed by atoms with van der Waals surface area (Å²) in [5.41, 5.74) is 1.86. The van der Waals surface area contributed by atoms with Gasteiger partial charge in [0.15, 0.2) is 0 Å². The van der Waals surface area contributed by atoms with E-state index in [2.05, 4.69) is 10.6 Å². The fourth-order valence-corrected chi connectivity index (χ4v) is 2.65. The van der Waals surface area contributed by atoms with Gasteiger partial charge in [0.05, 0.1) is 4.90 Å². The Hall–Kier alpha value is -2.09. The van der Waals surface area contributed by atoms with Crippen LogP contribution in [0.15, 0.2) is 53.4 Å². The maximum Gasteiger partial charge on any atom is 0.315 e. The molecule has 0 radical (unpaired) electrons. The highest BCUT2D eigenvalue weighted by molar-refractivity contribution is 7.89. The molecule has 0 bridgehead atoms. The van der Waals surface area contributed by atoms with Gasteiger partial charge in [-0.05, 0) is 41.8 Å². The van der Waals surface area contributed by atoms with Gasteiger partial charge >= 0.3 is 6.03 Å². The summed E-state index contributed by atoms with van der Waals surface area (Å²) in [5, 5.41) is 11.2. The fraction of sp³-hybridized carbons (Fsp3) is 0.188. The van der Waals surface area contributed by atoms with Crippen molar-refractivity contribution in [3.8, 4) is 0 Å². The molecule has 128 valence electrons. The van der Waals surface area contributed by atoms with Gasteiger partial charge in [-0.1, -0.05) is 35.9 Å². The van der Waals surface area contributed by atoms with E-state index in [-0.39, 0.29) is 10.9 Å². The third-order valence-electron chi connectivity index (χ3n) is 3.32. The molecule has 0 saturated heterocycles. The number of carbonyl (C=O) groups is 1. The number of nitrogens with two attached hydrogens (primary N) is 1. The summed E-state index contributed by atoms with van der Waals surface area (Å²) >= 11 is 5.80. The number of urea groups is 1. The van der Waals surface area contributed by atoms with Crippen LogP contribution in [0.3, 0.4) is 0 Å². The summed E-state index contributed by atoms with van der Waals surface area (Å²) in [7, 11) is -3.68. The number of sulfonamides is 1. The van der Waals surface area contributed by atoms with Crippen molar-refractivity contribution in [1.82, 2.24) is 10.6 Å². The fourth-order valence-electron chi connectivity index (χ4n) is 2.01. The number of rotatable bonds is 6. The van der Waals surface area contributed by atoms with Gasteiger partial charge in [0, 0.05) is 18.1 Å². The van der Waals surface area contributed by atoms with E-state index >= 15 is 0 Å². The second kappa shape index (κ2) is 8.14. The number of benzene rings is 2. The number of amides is 2. The number of hydrogen-bond donors (Lipinski definition) is 3. The van der Waals surface area contributed by atoms with Crippen molar-refractivity contribution >= 4 is 27.7 Å². The predicted molar refractivity (Wildman–Crippen MR) is 93.2 cm³/mol. The first-order valence-electron chi connectivity index (χ1n) is 7.22. The van der Waals surface area contributed by atoms with Crippen molar-refractivity contribution in [3.63, 3.8) is 0 Å². The molecule has 0 fully saturated rings. The Balaban J connectivity index is 1.73. The van der Waals surface area contributed by atoms with E-state index in [9.17, 15) is 13.2 Å². The van der Waals surface area contributed by atoms with Gasteiger partial charge in [0.2, 0.25) is 10.0 Å². The van der Waals surface area contributed by atoms with Crippen molar-refractivity contribution in [2.24, 2.45) is 5.14 Å². The van der Waals surface area contributed by atoms with Crippen molar-refractivity contribution in [1.29, 1.82) is 0 Å². The van der Waals surface area contributed by atoms with Crippen LogP contribution in [0.5, 0.6) is 0 Å². The standard InChI is InChI=1S/C16H18ClN3O3S/c17-14-5-1-13(2-6-14)11-20-16(21)19-10-9-12-3-7-15(8-4-12)24(18,22)23/h1-8H,9-11H2,(H2,18,22,23)(H2,19,20,21). The molecule has 2 amide bonds. The van der Waals surface area contributed by atoms with E-state index in [4.69, 9.17) is 16.7 Å². The highest BCUT2D eigenvalue weighted by atomic mass is 35.5. The summed E-state index contributed by atoms with van der Waals surface area (Å²) in [6.45, 7) is 0.841. The molecule has 0 aliphatic carbocycles. The maximum atomic E-state index is 11.7. The smallest absolute Gasteiger partial charge is 0.315 e. The molecule has 0 heterocycles. The lowest BCUT2D eigenvalue weighted by Crippen LogP contribution is -2.36. The molecule has 6 nitrogen and oxygen atoms in total. The monoisotopic (exact) mass is 367 g/mol. The summed E-state index contributed by atoms with van der Waals surface area (Å²) in [6, 6.07) is 13.2. The first-order chi connectivity index (χ1) is 11.3. The van der Waals surface area contributed by atoms with Crippen LogP contribution in [0.4, 0.5) is 4.79 Å². The zero-order chi connectivity index (χ0) is 17.6. The van der Waals surface area contributed by atoms with Gasteiger partial charge in [0.25, 0.3) is 0 Å². The highest BCUT2D eigenvalue weighted by Crippen LogP contribution is 2.10. The first-order valence-corrected chi connectivity index (χ1v) is 9.15. The van der Waals surface area contributed by atoms with E-state index in [0.29, 0.717) is 24.5 Å². The molecule has 0 atom stereocenters. The Kier molecular flexibility index (Phi) is 6.19. The molecule has 0 saturated carbocycles. The normalized spacial score (nSPS) is 11.1. The average Bonchev–Trinajstić information content (AvgIpc) is 2.54. The van der Waals surface area contributed by atoms with Crippen LogP contribution in [0.25, 0.3) is 0 Å². The Morgan fingerprint density at radius 2 is 1.54 bits per heavy atom. The topological polar surface area (TPSA) is 101 Å². The van der Waals surface area contributed by atoms with E-state index in [1.807, 2.05) is 12.1 Å². The number of primary sulfonamides is 1. The third-order valence-corrected chi connectivity index (χ3v) is 4.50. The molecule has 2 aromatic rings. The maximum absolute atomic E-state index is 11.7. The SMILES string of the molecule is NS(=O)(=O)c1ccc(CCNC(=O)NCc2ccc(Cl)cc2)cc1. The Morgan fingerprint density at radius 3 is 2.12 bits per heavy atom. The third kappa shape index (κ3) is 5.84. The van der Waals surface area contributed by atoms with E-state index in [0.717, 1.165) is 11.1 Å². The van der Waals surface area contributed by atoms with Gasteiger partial charge < -0.3 is 10.6 Å². The molecule has 0 unspecified atom stereocenters. The molecule has 0 aliphatic rings. The minimum absolute atomic E-state index is 0.0694. The number of nitrogens with one attached hydrogen (secondary N) is 2. The van der Waals surface area contributed by atoms with Gasteiger partial charge in [-0.3, -0.25) is 0 Å². The molecule has 8 heteroatoms. The minimum Gasteiger partial charge on any atom is -0.338 e. The Bertz CT molecular complexity index is 790. The second-order valence-electron chi connectivity index (χ2n) is 5.17. The molecule has 4 N–H and O–H groups in total. The van der Waals surface area contributed by atoms with Gasteiger partial charge in [-0.25, -0.2) is 18.4 Å². The molecule has 0 aliphatic heterocycles. The van der Waals surface area contributed by atoms with E-state index in [1.54, 1.807) is 24.3 Å². The minimum atomic E-state index is -3.68.